The number of aromatic nitrogens is 3. The van der Waals surface area contributed by atoms with Crippen molar-refractivity contribution in [2.24, 2.45) is 17.8 Å². The van der Waals surface area contributed by atoms with E-state index in [2.05, 4.69) is 40.3 Å². The highest BCUT2D eigenvalue weighted by Crippen LogP contribution is 2.47. The molecule has 0 radical (unpaired) electrons. The van der Waals surface area contributed by atoms with Gasteiger partial charge in [0.15, 0.2) is 0 Å². The molecule has 1 saturated heterocycles. The average Bonchev–Trinajstić information content (AvgIpc) is 3.21. The van der Waals surface area contributed by atoms with Crippen LogP contribution in [0.5, 0.6) is 0 Å². The van der Waals surface area contributed by atoms with Crippen molar-refractivity contribution in [3.05, 3.63) is 29.5 Å². The first-order valence-corrected chi connectivity index (χ1v) is 12.8. The Morgan fingerprint density at radius 2 is 2.06 bits per heavy atom. The van der Waals surface area contributed by atoms with Gasteiger partial charge in [-0.3, -0.25) is 5.10 Å². The zero-order valence-electron chi connectivity index (χ0n) is 20.0. The van der Waals surface area contributed by atoms with Gasteiger partial charge < -0.3 is 20.4 Å². The van der Waals surface area contributed by atoms with E-state index in [9.17, 15) is 0 Å². The number of anilines is 3. The third kappa shape index (κ3) is 4.79. The molecule has 4 atom stereocenters. The minimum atomic E-state index is 0.278. The first kappa shape index (κ1) is 22.4. The number of H-pyrrole nitrogens is 1. The van der Waals surface area contributed by atoms with E-state index in [-0.39, 0.29) is 6.04 Å². The minimum absolute atomic E-state index is 0.278. The predicted molar refractivity (Wildman–Crippen MR) is 133 cm³/mol. The molecule has 0 bridgehead atoms. The van der Waals surface area contributed by atoms with Gasteiger partial charge in [0.2, 0.25) is 0 Å². The van der Waals surface area contributed by atoms with Crippen LogP contribution in [0.1, 0.15) is 75.8 Å². The molecular formula is C26H38N6O. The van der Waals surface area contributed by atoms with E-state index >= 15 is 0 Å². The number of aromatic amines is 1. The summed E-state index contributed by atoms with van der Waals surface area (Å²) in [5.74, 6) is 5.43. The van der Waals surface area contributed by atoms with E-state index in [1.165, 1.54) is 56.7 Å². The van der Waals surface area contributed by atoms with Gasteiger partial charge in [0.05, 0.1) is 25.5 Å². The maximum Gasteiger partial charge on any atom is 0.143 e. The summed E-state index contributed by atoms with van der Waals surface area (Å²) in [6.07, 6.45) is 12.6. The number of nitrogens with one attached hydrogen (secondary N) is 3. The molecule has 2 aromatic rings. The molecule has 3 fully saturated rings. The van der Waals surface area contributed by atoms with E-state index in [1.54, 1.807) is 6.20 Å². The molecule has 3 N–H and O–H groups in total. The summed E-state index contributed by atoms with van der Waals surface area (Å²) < 4.78 is 5.70. The normalized spacial score (nSPS) is 28.7. The average molecular weight is 451 g/mol. The zero-order chi connectivity index (χ0) is 22.8. The van der Waals surface area contributed by atoms with Crippen molar-refractivity contribution in [2.45, 2.75) is 70.8 Å². The molecule has 2 aromatic heterocycles. The Kier molecular flexibility index (Phi) is 6.67. The molecule has 33 heavy (non-hydrogen) atoms. The van der Waals surface area contributed by atoms with Gasteiger partial charge in [0.25, 0.3) is 0 Å². The second-order valence-corrected chi connectivity index (χ2v) is 10.5. The Hall–Kier alpha value is -2.41. The van der Waals surface area contributed by atoms with Gasteiger partial charge in [0, 0.05) is 24.4 Å². The van der Waals surface area contributed by atoms with Crippen LogP contribution >= 0.6 is 0 Å². The second kappa shape index (κ2) is 9.84. The van der Waals surface area contributed by atoms with E-state index < -0.39 is 0 Å². The van der Waals surface area contributed by atoms with E-state index in [4.69, 9.17) is 15.1 Å². The summed E-state index contributed by atoms with van der Waals surface area (Å²) >= 11 is 0. The monoisotopic (exact) mass is 450 g/mol. The number of hydrogen-bond donors (Lipinski definition) is 3. The number of nitrogens with zero attached hydrogens (tertiary/aromatic N) is 3. The lowest BCUT2D eigenvalue weighted by atomic mass is 9.71. The first-order valence-electron chi connectivity index (χ1n) is 12.8. The molecule has 178 valence electrons. The molecule has 1 aliphatic heterocycles. The lowest BCUT2D eigenvalue weighted by Gasteiger charge is -2.36. The zero-order valence-corrected chi connectivity index (χ0v) is 20.0. The smallest absolute Gasteiger partial charge is 0.143 e. The summed E-state index contributed by atoms with van der Waals surface area (Å²) in [6.45, 7) is 6.90. The van der Waals surface area contributed by atoms with Crippen LogP contribution in [0.25, 0.3) is 0 Å². The quantitative estimate of drug-likeness (QED) is 0.400. The molecule has 2 saturated carbocycles. The largest absolute Gasteiger partial charge is 0.377 e. The second-order valence-electron chi connectivity index (χ2n) is 10.5. The highest BCUT2D eigenvalue weighted by molar-refractivity contribution is 5.88. The van der Waals surface area contributed by atoms with Gasteiger partial charge in [-0.15, -0.1) is 0 Å². The molecule has 0 aromatic carbocycles. The molecule has 3 heterocycles. The Morgan fingerprint density at radius 3 is 2.76 bits per heavy atom. The van der Waals surface area contributed by atoms with Gasteiger partial charge in [-0.1, -0.05) is 32.6 Å². The molecule has 0 spiro atoms. The van der Waals surface area contributed by atoms with Crippen molar-refractivity contribution in [1.29, 1.82) is 5.41 Å². The van der Waals surface area contributed by atoms with Crippen LogP contribution < -0.4 is 10.2 Å². The Morgan fingerprint density at radius 1 is 1.18 bits per heavy atom. The Balaban J connectivity index is 1.56. The molecule has 2 aliphatic carbocycles. The maximum absolute atomic E-state index is 8.35. The van der Waals surface area contributed by atoms with Crippen molar-refractivity contribution in [2.75, 3.05) is 30.0 Å². The summed E-state index contributed by atoms with van der Waals surface area (Å²) in [5.41, 5.74) is 2.20. The number of rotatable bonds is 6. The molecule has 2 unspecified atom stereocenters. The van der Waals surface area contributed by atoms with Crippen LogP contribution in [0, 0.1) is 23.2 Å². The van der Waals surface area contributed by atoms with Gasteiger partial charge in [-0.2, -0.15) is 5.10 Å². The highest BCUT2D eigenvalue weighted by Gasteiger charge is 2.34. The Bertz CT molecular complexity index is 941. The lowest BCUT2D eigenvalue weighted by molar-refractivity contribution is 0.0985. The molecule has 5 rings (SSSR count). The molecule has 3 aliphatic rings. The van der Waals surface area contributed by atoms with Crippen LogP contribution in [0.3, 0.4) is 0 Å². The fourth-order valence-corrected chi connectivity index (χ4v) is 6.09. The number of ether oxygens (including phenoxy) is 1. The molecule has 7 nitrogen and oxygen atoms in total. The van der Waals surface area contributed by atoms with Gasteiger partial charge in [-0.25, -0.2) is 4.98 Å². The van der Waals surface area contributed by atoms with Gasteiger partial charge in [0.1, 0.15) is 17.5 Å². The third-order valence-electron chi connectivity index (χ3n) is 8.20. The fourth-order valence-electron chi connectivity index (χ4n) is 6.09. The summed E-state index contributed by atoms with van der Waals surface area (Å²) in [6, 6.07) is 4.47. The predicted octanol–water partition coefficient (Wildman–Crippen LogP) is 5.48. The van der Waals surface area contributed by atoms with Crippen molar-refractivity contribution in [3.8, 4) is 0 Å². The summed E-state index contributed by atoms with van der Waals surface area (Å²) in [7, 11) is 0. The van der Waals surface area contributed by atoms with Crippen LogP contribution in [-0.4, -0.2) is 47.2 Å². The van der Waals surface area contributed by atoms with E-state index in [0.29, 0.717) is 11.8 Å². The number of pyridine rings is 1. The van der Waals surface area contributed by atoms with E-state index in [1.807, 2.05) is 6.07 Å². The summed E-state index contributed by atoms with van der Waals surface area (Å²) in [5, 5.41) is 18.8. The Labute approximate surface area is 197 Å². The van der Waals surface area contributed by atoms with Crippen molar-refractivity contribution in [1.82, 2.24) is 15.2 Å². The highest BCUT2D eigenvalue weighted by atomic mass is 16.5. The van der Waals surface area contributed by atoms with Crippen molar-refractivity contribution >= 4 is 23.7 Å². The van der Waals surface area contributed by atoms with Gasteiger partial charge >= 0.3 is 0 Å². The number of morpholine rings is 1. The number of hydrogen-bond acceptors (Lipinski definition) is 6. The minimum Gasteiger partial charge on any atom is -0.377 e. The van der Waals surface area contributed by atoms with Crippen molar-refractivity contribution in [3.63, 3.8) is 0 Å². The summed E-state index contributed by atoms with van der Waals surface area (Å²) in [4.78, 5) is 7.40. The molecule has 7 heteroatoms. The lowest BCUT2D eigenvalue weighted by Crippen LogP contribution is -2.44. The SMILES string of the molecule is CC1COCCN1c1cc([C@@H]2CC(C3CCC3)CC[C@H](C)C2)c(C=N)c(Nc2ccn[nH]2)n1. The van der Waals surface area contributed by atoms with E-state index in [0.717, 1.165) is 54.6 Å². The topological polar surface area (TPSA) is 89.9 Å². The maximum atomic E-state index is 8.35. The third-order valence-corrected chi connectivity index (χ3v) is 8.20. The van der Waals surface area contributed by atoms with Crippen LogP contribution in [0.4, 0.5) is 17.5 Å². The molecular weight excluding hydrogens is 412 g/mol. The first-order chi connectivity index (χ1) is 16.1. The standard InChI is InChI=1S/C26H38N6O/c1-17-6-7-20(19-4-3-5-19)13-21(12-17)22-14-25(32-10-11-33-16-18(32)2)30-26(23(22)15-27)29-24-8-9-28-31-24/h8-9,14-15,17-21,27H,3-7,10-13,16H2,1-2H3,(H2,28,29,30,31)/t17-,18?,20?,21-/m0/s1. The molecule has 0 amide bonds. The van der Waals surface area contributed by atoms with Crippen LogP contribution in [0.2, 0.25) is 0 Å². The van der Waals surface area contributed by atoms with Crippen molar-refractivity contribution < 1.29 is 4.74 Å². The fraction of sp³-hybridized carbons (Fsp3) is 0.654. The van der Waals surface area contributed by atoms with Crippen LogP contribution in [-0.2, 0) is 4.74 Å². The van der Waals surface area contributed by atoms with Gasteiger partial charge in [-0.05, 0) is 61.5 Å². The van der Waals surface area contributed by atoms with Crippen LogP contribution in [0.15, 0.2) is 18.3 Å².